The van der Waals surface area contributed by atoms with Gasteiger partial charge in [0.1, 0.15) is 0 Å². The number of hydrogen-bond donors (Lipinski definition) is 2. The Morgan fingerprint density at radius 2 is 1.68 bits per heavy atom. The van der Waals surface area contributed by atoms with Crippen LogP contribution in [0.2, 0.25) is 0 Å². The van der Waals surface area contributed by atoms with E-state index in [0.29, 0.717) is 43.5 Å². The number of nitrogens with one attached hydrogen (secondary N) is 1. The Balaban J connectivity index is 1.54. The van der Waals surface area contributed by atoms with Gasteiger partial charge in [-0.25, -0.2) is 5.84 Å². The van der Waals surface area contributed by atoms with E-state index in [1.807, 2.05) is 18.2 Å². The lowest BCUT2D eigenvalue weighted by Gasteiger charge is -2.43. The Morgan fingerprint density at radius 1 is 1.03 bits per heavy atom. The molecule has 3 N–H and O–H groups in total. The van der Waals surface area contributed by atoms with Crippen LogP contribution in [0.25, 0.3) is 0 Å². The lowest BCUT2D eigenvalue weighted by atomic mass is 10.1. The van der Waals surface area contributed by atoms with Crippen molar-refractivity contribution in [2.24, 2.45) is 5.84 Å². The average molecular weight is 446 g/mol. The molecular formula is C21H27N5O4S. The molecule has 10 heteroatoms. The van der Waals surface area contributed by atoms with Crippen molar-refractivity contribution in [2.45, 2.75) is 12.6 Å². The van der Waals surface area contributed by atoms with E-state index in [4.69, 9.17) is 10.6 Å². The summed E-state index contributed by atoms with van der Waals surface area (Å²) in [7, 11) is -3.73. The van der Waals surface area contributed by atoms with Crippen LogP contribution in [0.1, 0.15) is 15.9 Å². The van der Waals surface area contributed by atoms with Crippen molar-refractivity contribution in [3.05, 3.63) is 65.7 Å². The Kier molecular flexibility index (Phi) is 6.54. The maximum absolute atomic E-state index is 13.6. The zero-order valence-corrected chi connectivity index (χ0v) is 18.0. The molecule has 0 atom stereocenters. The van der Waals surface area contributed by atoms with Gasteiger partial charge in [-0.15, -0.1) is 0 Å². The molecule has 2 aromatic rings. The highest BCUT2D eigenvalue weighted by atomic mass is 32.2. The number of anilines is 1. The van der Waals surface area contributed by atoms with E-state index in [1.165, 1.54) is 4.31 Å². The van der Waals surface area contributed by atoms with Crippen molar-refractivity contribution in [3.63, 3.8) is 0 Å². The number of para-hydroxylation sites is 1. The van der Waals surface area contributed by atoms with Gasteiger partial charge in [0, 0.05) is 31.7 Å². The molecule has 2 saturated heterocycles. The minimum absolute atomic E-state index is 0.160. The van der Waals surface area contributed by atoms with Crippen molar-refractivity contribution in [1.82, 2.24) is 14.6 Å². The maximum atomic E-state index is 13.6. The van der Waals surface area contributed by atoms with Crippen LogP contribution in [0.4, 0.5) is 5.69 Å². The lowest BCUT2D eigenvalue weighted by molar-refractivity contribution is -0.0721. The quantitative estimate of drug-likeness (QED) is 0.366. The van der Waals surface area contributed by atoms with Crippen LogP contribution in [-0.2, 0) is 21.5 Å². The molecule has 2 aromatic carbocycles. The SMILES string of the molecule is NNC(=O)c1ccc(CN(c2ccccc2)S(=O)(=O)N2CCN(C3COC3)CC2)cc1. The summed E-state index contributed by atoms with van der Waals surface area (Å²) in [5.41, 5.74) is 3.87. The van der Waals surface area contributed by atoms with E-state index < -0.39 is 16.1 Å². The molecule has 31 heavy (non-hydrogen) atoms. The summed E-state index contributed by atoms with van der Waals surface area (Å²) in [5, 5.41) is 0. The minimum Gasteiger partial charge on any atom is -0.378 e. The van der Waals surface area contributed by atoms with Crippen molar-refractivity contribution < 1.29 is 17.9 Å². The second kappa shape index (κ2) is 9.33. The van der Waals surface area contributed by atoms with Gasteiger partial charge in [0.05, 0.1) is 31.5 Å². The first-order valence-corrected chi connectivity index (χ1v) is 11.6. The van der Waals surface area contributed by atoms with Crippen molar-refractivity contribution in [3.8, 4) is 0 Å². The van der Waals surface area contributed by atoms with Crippen LogP contribution in [0.15, 0.2) is 54.6 Å². The molecule has 0 spiro atoms. The average Bonchev–Trinajstić information content (AvgIpc) is 2.77. The van der Waals surface area contributed by atoms with Crippen molar-refractivity contribution in [1.29, 1.82) is 0 Å². The smallest absolute Gasteiger partial charge is 0.304 e. The molecule has 1 amide bonds. The van der Waals surface area contributed by atoms with E-state index in [9.17, 15) is 13.2 Å². The number of piperazine rings is 1. The van der Waals surface area contributed by atoms with Crippen LogP contribution < -0.4 is 15.6 Å². The van der Waals surface area contributed by atoms with Crippen molar-refractivity contribution >= 4 is 21.8 Å². The van der Waals surface area contributed by atoms with Gasteiger partial charge in [0.25, 0.3) is 5.91 Å². The maximum Gasteiger partial charge on any atom is 0.304 e. The zero-order valence-electron chi connectivity index (χ0n) is 17.2. The van der Waals surface area contributed by atoms with Crippen molar-refractivity contribution in [2.75, 3.05) is 43.7 Å². The molecule has 9 nitrogen and oxygen atoms in total. The topological polar surface area (TPSA) is 108 Å². The second-order valence-corrected chi connectivity index (χ2v) is 9.50. The Labute approximate surface area is 182 Å². The lowest BCUT2D eigenvalue weighted by Crippen LogP contribution is -2.59. The van der Waals surface area contributed by atoms with E-state index in [2.05, 4.69) is 10.3 Å². The van der Waals surface area contributed by atoms with Crippen LogP contribution in [0.5, 0.6) is 0 Å². The van der Waals surface area contributed by atoms with Gasteiger partial charge in [0.15, 0.2) is 0 Å². The van der Waals surface area contributed by atoms with Crippen LogP contribution in [-0.4, -0.2) is 69.0 Å². The molecule has 4 rings (SSSR count). The summed E-state index contributed by atoms with van der Waals surface area (Å²) in [5.74, 6) is 4.78. The predicted octanol–water partition coefficient (Wildman–Crippen LogP) is 0.558. The molecule has 2 aliphatic heterocycles. The molecule has 166 valence electrons. The number of nitrogen functional groups attached to an aromatic ring is 1. The monoisotopic (exact) mass is 445 g/mol. The highest BCUT2D eigenvalue weighted by molar-refractivity contribution is 7.90. The first kappa shape index (κ1) is 21.7. The van der Waals surface area contributed by atoms with Gasteiger partial charge >= 0.3 is 10.2 Å². The fourth-order valence-electron chi connectivity index (χ4n) is 3.78. The Morgan fingerprint density at radius 3 is 2.23 bits per heavy atom. The highest BCUT2D eigenvalue weighted by Gasteiger charge is 2.35. The Hall–Kier alpha value is -2.50. The summed E-state index contributed by atoms with van der Waals surface area (Å²) in [6.45, 7) is 3.88. The molecule has 0 bridgehead atoms. The van der Waals surface area contributed by atoms with Gasteiger partial charge < -0.3 is 4.74 Å². The number of ether oxygens (including phenoxy) is 1. The fourth-order valence-corrected chi connectivity index (χ4v) is 5.39. The first-order valence-electron chi connectivity index (χ1n) is 10.2. The summed E-state index contributed by atoms with van der Waals surface area (Å²) in [6.07, 6.45) is 0. The molecule has 2 aliphatic rings. The Bertz CT molecular complexity index is 988. The fraction of sp³-hybridized carbons (Fsp3) is 0.381. The second-order valence-electron chi connectivity index (χ2n) is 7.65. The standard InChI is InChI=1S/C21H27N5O4S/c22-23-21(27)18-8-6-17(7-9-18)14-26(19-4-2-1-3-5-19)31(28,29)25-12-10-24(11-13-25)20-15-30-16-20/h1-9,20H,10-16,22H2,(H,23,27). The number of carbonyl (C=O) groups excluding carboxylic acids is 1. The molecule has 0 unspecified atom stereocenters. The molecule has 0 aliphatic carbocycles. The number of rotatable bonds is 7. The van der Waals surface area contributed by atoms with Gasteiger partial charge in [-0.05, 0) is 29.8 Å². The normalized spacial score (nSPS) is 18.4. The molecular weight excluding hydrogens is 418 g/mol. The number of benzene rings is 2. The van der Waals surface area contributed by atoms with E-state index in [-0.39, 0.29) is 6.54 Å². The van der Waals surface area contributed by atoms with E-state index in [0.717, 1.165) is 18.8 Å². The number of nitrogens with two attached hydrogens (primary N) is 1. The molecule has 2 heterocycles. The van der Waals surface area contributed by atoms with E-state index in [1.54, 1.807) is 40.7 Å². The summed E-state index contributed by atoms with van der Waals surface area (Å²) in [6, 6.07) is 16.2. The molecule has 0 radical (unpaired) electrons. The highest BCUT2D eigenvalue weighted by Crippen LogP contribution is 2.25. The number of hydrazine groups is 1. The first-order chi connectivity index (χ1) is 15.0. The van der Waals surface area contributed by atoms with E-state index >= 15 is 0 Å². The predicted molar refractivity (Wildman–Crippen MR) is 117 cm³/mol. The minimum atomic E-state index is -3.73. The molecule has 0 aromatic heterocycles. The largest absolute Gasteiger partial charge is 0.378 e. The number of carbonyl (C=O) groups is 1. The van der Waals surface area contributed by atoms with Crippen LogP contribution >= 0.6 is 0 Å². The summed E-state index contributed by atoms with van der Waals surface area (Å²) >= 11 is 0. The van der Waals surface area contributed by atoms with Gasteiger partial charge in [0.2, 0.25) is 0 Å². The van der Waals surface area contributed by atoms with Crippen LogP contribution in [0.3, 0.4) is 0 Å². The number of hydrogen-bond acceptors (Lipinski definition) is 6. The van der Waals surface area contributed by atoms with Crippen LogP contribution in [0, 0.1) is 0 Å². The zero-order chi connectivity index (χ0) is 21.8. The molecule has 0 saturated carbocycles. The third-order valence-electron chi connectivity index (χ3n) is 5.73. The third kappa shape index (κ3) is 4.73. The summed E-state index contributed by atoms with van der Waals surface area (Å²) < 4.78 is 35.4. The molecule has 2 fully saturated rings. The van der Waals surface area contributed by atoms with Gasteiger partial charge in [-0.2, -0.15) is 12.7 Å². The number of nitrogens with zero attached hydrogens (tertiary/aromatic N) is 3. The van der Waals surface area contributed by atoms with Gasteiger partial charge in [-0.1, -0.05) is 30.3 Å². The third-order valence-corrected chi connectivity index (χ3v) is 7.65. The number of amides is 1. The summed E-state index contributed by atoms with van der Waals surface area (Å²) in [4.78, 5) is 14.0. The van der Waals surface area contributed by atoms with Gasteiger partial charge in [-0.3, -0.25) is 19.4 Å².